The lowest BCUT2D eigenvalue weighted by Crippen LogP contribution is -2.32. The molecule has 0 aliphatic carbocycles. The van der Waals surface area contributed by atoms with Crippen LogP contribution in [0.1, 0.15) is 23.6 Å². The SMILES string of the molecule is Cc1cc(CC(N)C(=O)O)cc2c1OC(C)C2. The van der Waals surface area contributed by atoms with Crippen LogP contribution in [0, 0.1) is 6.92 Å². The Morgan fingerprint density at radius 3 is 3.00 bits per heavy atom. The van der Waals surface area contributed by atoms with E-state index < -0.39 is 12.0 Å². The fraction of sp³-hybridized carbons (Fsp3) is 0.462. The molecule has 4 nitrogen and oxygen atoms in total. The second-order valence-electron chi connectivity index (χ2n) is 4.68. The maximum Gasteiger partial charge on any atom is 0.320 e. The third-order valence-electron chi connectivity index (χ3n) is 3.01. The summed E-state index contributed by atoms with van der Waals surface area (Å²) in [6.07, 6.45) is 1.44. The molecule has 2 atom stereocenters. The summed E-state index contributed by atoms with van der Waals surface area (Å²) >= 11 is 0. The molecule has 1 aromatic rings. The van der Waals surface area contributed by atoms with Crippen LogP contribution >= 0.6 is 0 Å². The van der Waals surface area contributed by atoms with Gasteiger partial charge in [0.2, 0.25) is 0 Å². The third kappa shape index (κ3) is 2.42. The van der Waals surface area contributed by atoms with Crippen molar-refractivity contribution in [1.29, 1.82) is 0 Å². The van der Waals surface area contributed by atoms with Gasteiger partial charge >= 0.3 is 5.97 Å². The molecular weight excluding hydrogens is 218 g/mol. The highest BCUT2D eigenvalue weighted by Crippen LogP contribution is 2.33. The van der Waals surface area contributed by atoms with Crippen LogP contribution < -0.4 is 10.5 Å². The van der Waals surface area contributed by atoms with Crippen molar-refractivity contribution in [2.24, 2.45) is 5.73 Å². The Labute approximate surface area is 100 Å². The van der Waals surface area contributed by atoms with Gasteiger partial charge in [-0.15, -0.1) is 0 Å². The van der Waals surface area contributed by atoms with Crippen molar-refractivity contribution in [3.8, 4) is 5.75 Å². The number of carbonyl (C=O) groups is 1. The smallest absolute Gasteiger partial charge is 0.320 e. The number of carboxylic acids is 1. The van der Waals surface area contributed by atoms with E-state index in [2.05, 4.69) is 0 Å². The van der Waals surface area contributed by atoms with Gasteiger partial charge in [0.05, 0.1) is 0 Å². The lowest BCUT2D eigenvalue weighted by molar-refractivity contribution is -0.138. The van der Waals surface area contributed by atoms with Crippen LogP contribution in [0.15, 0.2) is 12.1 Å². The molecule has 1 aliphatic heterocycles. The normalized spacial score (nSPS) is 19.6. The molecule has 1 aliphatic rings. The summed E-state index contributed by atoms with van der Waals surface area (Å²) in [5, 5.41) is 8.80. The summed E-state index contributed by atoms with van der Waals surface area (Å²) < 4.78 is 5.70. The van der Waals surface area contributed by atoms with Crippen molar-refractivity contribution in [2.75, 3.05) is 0 Å². The highest BCUT2D eigenvalue weighted by molar-refractivity contribution is 5.73. The predicted molar refractivity (Wildman–Crippen MR) is 64.3 cm³/mol. The van der Waals surface area contributed by atoms with Gasteiger partial charge in [-0.25, -0.2) is 0 Å². The average molecular weight is 235 g/mol. The molecule has 3 N–H and O–H groups in total. The Hall–Kier alpha value is -1.55. The number of rotatable bonds is 3. The topological polar surface area (TPSA) is 72.6 Å². The molecule has 2 unspecified atom stereocenters. The van der Waals surface area contributed by atoms with E-state index in [4.69, 9.17) is 15.6 Å². The fourth-order valence-electron chi connectivity index (χ4n) is 2.26. The summed E-state index contributed by atoms with van der Waals surface area (Å²) in [7, 11) is 0. The van der Waals surface area contributed by atoms with E-state index in [1.807, 2.05) is 26.0 Å². The highest BCUT2D eigenvalue weighted by atomic mass is 16.5. The van der Waals surface area contributed by atoms with Crippen molar-refractivity contribution in [1.82, 2.24) is 0 Å². The minimum atomic E-state index is -0.965. The minimum absolute atomic E-state index is 0.201. The standard InChI is InChI=1S/C13H17NO3/c1-7-3-9(6-11(14)13(15)16)5-10-4-8(2)17-12(7)10/h3,5,8,11H,4,6,14H2,1-2H3,(H,15,16). The quantitative estimate of drug-likeness (QED) is 0.827. The highest BCUT2D eigenvalue weighted by Gasteiger charge is 2.22. The summed E-state index contributed by atoms with van der Waals surface area (Å²) in [4.78, 5) is 10.7. The molecule has 92 valence electrons. The number of aliphatic carboxylic acids is 1. The Bertz CT molecular complexity index is 456. The first-order valence-electron chi connectivity index (χ1n) is 5.75. The van der Waals surface area contributed by atoms with Gasteiger partial charge in [0, 0.05) is 6.42 Å². The monoisotopic (exact) mass is 235 g/mol. The molecule has 0 radical (unpaired) electrons. The van der Waals surface area contributed by atoms with E-state index >= 15 is 0 Å². The van der Waals surface area contributed by atoms with Gasteiger partial charge in [-0.2, -0.15) is 0 Å². The van der Waals surface area contributed by atoms with Gasteiger partial charge in [-0.05, 0) is 37.0 Å². The van der Waals surface area contributed by atoms with E-state index in [-0.39, 0.29) is 6.10 Å². The van der Waals surface area contributed by atoms with Crippen LogP contribution in [0.5, 0.6) is 5.75 Å². The second-order valence-corrected chi connectivity index (χ2v) is 4.68. The Balaban J connectivity index is 2.24. The molecule has 0 saturated heterocycles. The predicted octanol–water partition coefficient (Wildman–Crippen LogP) is 1.27. The second kappa shape index (κ2) is 4.37. The zero-order chi connectivity index (χ0) is 12.6. The summed E-state index contributed by atoms with van der Waals surface area (Å²) in [5.74, 6) is -0.0158. The van der Waals surface area contributed by atoms with Gasteiger partial charge in [0.1, 0.15) is 17.9 Å². The summed E-state index contributed by atoms with van der Waals surface area (Å²) in [6, 6.07) is 3.13. The van der Waals surface area contributed by atoms with Crippen molar-refractivity contribution in [3.63, 3.8) is 0 Å². The lowest BCUT2D eigenvalue weighted by Gasteiger charge is -2.10. The van der Waals surface area contributed by atoms with Crippen molar-refractivity contribution in [2.45, 2.75) is 38.8 Å². The number of nitrogens with two attached hydrogens (primary N) is 1. The summed E-state index contributed by atoms with van der Waals surface area (Å²) in [5.41, 5.74) is 8.72. The molecule has 4 heteroatoms. The largest absolute Gasteiger partial charge is 0.490 e. The van der Waals surface area contributed by atoms with Crippen LogP contribution in [0.2, 0.25) is 0 Å². The van der Waals surface area contributed by atoms with Crippen LogP contribution in [-0.4, -0.2) is 23.2 Å². The van der Waals surface area contributed by atoms with Gasteiger partial charge in [0.25, 0.3) is 0 Å². The molecule has 0 fully saturated rings. The first kappa shape index (κ1) is 11.9. The molecule has 1 heterocycles. The molecule has 1 aromatic carbocycles. The Morgan fingerprint density at radius 2 is 2.35 bits per heavy atom. The molecule has 0 saturated carbocycles. The average Bonchev–Trinajstić information content (AvgIpc) is 2.59. The zero-order valence-electron chi connectivity index (χ0n) is 10.1. The van der Waals surface area contributed by atoms with E-state index in [0.29, 0.717) is 6.42 Å². The fourth-order valence-corrected chi connectivity index (χ4v) is 2.26. The number of hydrogen-bond acceptors (Lipinski definition) is 3. The van der Waals surface area contributed by atoms with E-state index in [0.717, 1.165) is 28.9 Å². The Morgan fingerprint density at radius 1 is 1.65 bits per heavy atom. The Kier molecular flexibility index (Phi) is 3.07. The van der Waals surface area contributed by atoms with Crippen molar-refractivity contribution >= 4 is 5.97 Å². The molecule has 0 amide bonds. The third-order valence-corrected chi connectivity index (χ3v) is 3.01. The van der Waals surface area contributed by atoms with Crippen LogP contribution in [-0.2, 0) is 17.6 Å². The first-order chi connectivity index (χ1) is 7.97. The van der Waals surface area contributed by atoms with Gasteiger partial charge in [-0.1, -0.05) is 12.1 Å². The molecule has 0 spiro atoms. The number of carboxylic acid groups (broad SMARTS) is 1. The van der Waals surface area contributed by atoms with Gasteiger partial charge in [-0.3, -0.25) is 4.79 Å². The lowest BCUT2D eigenvalue weighted by atomic mass is 9.99. The number of aryl methyl sites for hydroxylation is 1. The molecule has 2 rings (SSSR count). The number of fused-ring (bicyclic) bond motifs is 1. The molecular formula is C13H17NO3. The number of hydrogen-bond donors (Lipinski definition) is 2. The molecule has 0 bridgehead atoms. The number of benzene rings is 1. The van der Waals surface area contributed by atoms with Gasteiger partial charge in [0.15, 0.2) is 0 Å². The van der Waals surface area contributed by atoms with Crippen LogP contribution in [0.4, 0.5) is 0 Å². The van der Waals surface area contributed by atoms with E-state index in [1.165, 1.54) is 0 Å². The zero-order valence-corrected chi connectivity index (χ0v) is 10.1. The van der Waals surface area contributed by atoms with Crippen LogP contribution in [0.25, 0.3) is 0 Å². The van der Waals surface area contributed by atoms with Gasteiger partial charge < -0.3 is 15.6 Å². The molecule has 0 aromatic heterocycles. The van der Waals surface area contributed by atoms with E-state index in [9.17, 15) is 4.79 Å². The maximum absolute atomic E-state index is 10.7. The minimum Gasteiger partial charge on any atom is -0.490 e. The van der Waals surface area contributed by atoms with Crippen LogP contribution in [0.3, 0.4) is 0 Å². The first-order valence-corrected chi connectivity index (χ1v) is 5.75. The van der Waals surface area contributed by atoms with Crippen molar-refractivity contribution < 1.29 is 14.6 Å². The van der Waals surface area contributed by atoms with Crippen molar-refractivity contribution in [3.05, 3.63) is 28.8 Å². The number of ether oxygens (including phenoxy) is 1. The van der Waals surface area contributed by atoms with E-state index in [1.54, 1.807) is 0 Å². The molecule has 17 heavy (non-hydrogen) atoms. The maximum atomic E-state index is 10.7. The summed E-state index contributed by atoms with van der Waals surface area (Å²) in [6.45, 7) is 4.01.